The van der Waals surface area contributed by atoms with E-state index in [0.717, 1.165) is 19.4 Å². The molecule has 0 bridgehead atoms. The van der Waals surface area contributed by atoms with Gasteiger partial charge in [0.15, 0.2) is 0 Å². The highest BCUT2D eigenvalue weighted by Crippen LogP contribution is 2.33. The van der Waals surface area contributed by atoms with Gasteiger partial charge < -0.3 is 5.11 Å². The zero-order chi connectivity index (χ0) is 18.7. The van der Waals surface area contributed by atoms with Gasteiger partial charge in [0.05, 0.1) is 12.0 Å². The average molecular weight is 351 g/mol. The summed E-state index contributed by atoms with van der Waals surface area (Å²) in [4.78, 5) is 13.9. The third kappa shape index (κ3) is 4.16. The molecule has 1 aliphatic rings. The van der Waals surface area contributed by atoms with Gasteiger partial charge in [-0.1, -0.05) is 67.9 Å². The van der Waals surface area contributed by atoms with E-state index in [0.29, 0.717) is 12.5 Å². The number of hydrogen-bond donors (Lipinski definition) is 1. The van der Waals surface area contributed by atoms with Crippen LogP contribution in [0.2, 0.25) is 0 Å². The number of aliphatic carboxylic acids is 1. The molecule has 0 aliphatic carbocycles. The highest BCUT2D eigenvalue weighted by Gasteiger charge is 2.31. The number of piperidine rings is 1. The van der Waals surface area contributed by atoms with Gasteiger partial charge in [0.2, 0.25) is 0 Å². The second-order valence-electron chi connectivity index (χ2n) is 7.81. The maximum absolute atomic E-state index is 11.5. The fourth-order valence-electron chi connectivity index (χ4n) is 3.87. The first kappa shape index (κ1) is 18.7. The summed E-state index contributed by atoms with van der Waals surface area (Å²) in [6.45, 7) is 8.05. The number of nitrogens with zero attached hydrogens (tertiary/aromatic N) is 1. The lowest BCUT2D eigenvalue weighted by Crippen LogP contribution is -2.41. The Hall–Kier alpha value is -2.13. The molecular weight excluding hydrogens is 322 g/mol. The lowest BCUT2D eigenvalue weighted by molar-refractivity contribution is -0.143. The fourth-order valence-corrected chi connectivity index (χ4v) is 3.87. The molecule has 1 saturated heterocycles. The van der Waals surface area contributed by atoms with Crippen LogP contribution in [0.4, 0.5) is 0 Å². The van der Waals surface area contributed by atoms with Gasteiger partial charge in [0.25, 0.3) is 0 Å². The monoisotopic (exact) mass is 351 g/mol. The van der Waals surface area contributed by atoms with Gasteiger partial charge in [0.1, 0.15) is 0 Å². The molecule has 3 heteroatoms. The Morgan fingerprint density at radius 2 is 1.54 bits per heavy atom. The van der Waals surface area contributed by atoms with Gasteiger partial charge in [-0.05, 0) is 48.9 Å². The van der Waals surface area contributed by atoms with Crippen molar-refractivity contribution in [2.24, 2.45) is 5.92 Å². The minimum absolute atomic E-state index is 0.110. The molecular formula is C23H29NO2. The van der Waals surface area contributed by atoms with Gasteiger partial charge in [0, 0.05) is 6.54 Å². The number of benzene rings is 2. The Balaban J connectivity index is 1.96. The van der Waals surface area contributed by atoms with Crippen LogP contribution in [0, 0.1) is 12.8 Å². The molecule has 0 radical (unpaired) electrons. The topological polar surface area (TPSA) is 40.5 Å². The summed E-state index contributed by atoms with van der Waals surface area (Å²) in [6.07, 6.45) is 1.71. The van der Waals surface area contributed by atoms with Gasteiger partial charge in [-0.3, -0.25) is 9.69 Å². The van der Waals surface area contributed by atoms with Crippen molar-refractivity contribution >= 4 is 5.97 Å². The van der Waals surface area contributed by atoms with Crippen LogP contribution in [-0.2, 0) is 4.79 Å². The molecule has 2 unspecified atom stereocenters. The third-order valence-corrected chi connectivity index (χ3v) is 5.48. The molecule has 1 fully saturated rings. The van der Waals surface area contributed by atoms with Crippen molar-refractivity contribution in [2.45, 2.75) is 45.6 Å². The van der Waals surface area contributed by atoms with Crippen LogP contribution < -0.4 is 0 Å². The second kappa shape index (κ2) is 8.05. The van der Waals surface area contributed by atoms with Gasteiger partial charge in [-0.15, -0.1) is 0 Å². The van der Waals surface area contributed by atoms with E-state index in [2.05, 4.69) is 74.2 Å². The van der Waals surface area contributed by atoms with Crippen LogP contribution in [-0.4, -0.2) is 29.1 Å². The summed E-state index contributed by atoms with van der Waals surface area (Å²) in [7, 11) is 0. The minimum atomic E-state index is -0.674. The molecule has 2 aromatic carbocycles. The Labute approximate surface area is 156 Å². The zero-order valence-electron chi connectivity index (χ0n) is 16.0. The molecule has 138 valence electrons. The predicted molar refractivity (Wildman–Crippen MR) is 105 cm³/mol. The Kier molecular flexibility index (Phi) is 5.77. The maximum atomic E-state index is 11.5. The fraction of sp³-hybridized carbons (Fsp3) is 0.435. The highest BCUT2D eigenvalue weighted by molar-refractivity contribution is 5.70. The summed E-state index contributed by atoms with van der Waals surface area (Å²) in [5, 5.41) is 9.49. The van der Waals surface area contributed by atoms with Crippen molar-refractivity contribution < 1.29 is 9.90 Å². The lowest BCUT2D eigenvalue weighted by atomic mass is 9.90. The number of carboxylic acid groups (broad SMARTS) is 1. The Morgan fingerprint density at radius 1 is 1.00 bits per heavy atom. The first-order chi connectivity index (χ1) is 12.5. The predicted octanol–water partition coefficient (Wildman–Crippen LogP) is 5.00. The van der Waals surface area contributed by atoms with Gasteiger partial charge in [-0.2, -0.15) is 0 Å². The first-order valence-electron chi connectivity index (χ1n) is 9.59. The molecule has 0 spiro atoms. The molecule has 0 saturated carbocycles. The molecule has 3 nitrogen and oxygen atoms in total. The second-order valence-corrected chi connectivity index (χ2v) is 7.81. The summed E-state index contributed by atoms with van der Waals surface area (Å²) in [5.41, 5.74) is 5.05. The standard InChI is InChI=1S/C23H29NO2/c1-16(2)18-10-12-20(13-11-18)22(19-8-6-17(3)7-9-19)24-14-4-5-21(15-24)23(25)26/h6-13,16,21-22H,4-5,14-15H2,1-3H3,(H,25,26). The normalized spacial score (nSPS) is 19.5. The van der Waals surface area contributed by atoms with Crippen LogP contribution in [0.1, 0.15) is 60.9 Å². The third-order valence-electron chi connectivity index (χ3n) is 5.48. The number of carbonyl (C=O) groups is 1. The number of hydrogen-bond acceptors (Lipinski definition) is 2. The van der Waals surface area contributed by atoms with Crippen molar-refractivity contribution in [1.29, 1.82) is 0 Å². The van der Waals surface area contributed by atoms with E-state index in [-0.39, 0.29) is 12.0 Å². The first-order valence-corrected chi connectivity index (χ1v) is 9.59. The number of likely N-dealkylation sites (tertiary alicyclic amines) is 1. The smallest absolute Gasteiger partial charge is 0.307 e. The Bertz CT molecular complexity index is 734. The van der Waals surface area contributed by atoms with E-state index in [1.807, 2.05) is 0 Å². The maximum Gasteiger partial charge on any atom is 0.307 e. The van der Waals surface area contributed by atoms with Crippen LogP contribution in [0.15, 0.2) is 48.5 Å². The molecule has 2 atom stereocenters. The van der Waals surface area contributed by atoms with Crippen molar-refractivity contribution in [3.05, 3.63) is 70.8 Å². The van der Waals surface area contributed by atoms with Crippen LogP contribution in [0.25, 0.3) is 0 Å². The van der Waals surface area contributed by atoms with E-state index >= 15 is 0 Å². The van der Waals surface area contributed by atoms with E-state index in [1.165, 1.54) is 22.3 Å². The molecule has 0 amide bonds. The van der Waals surface area contributed by atoms with E-state index in [4.69, 9.17) is 0 Å². The van der Waals surface area contributed by atoms with Crippen molar-refractivity contribution in [3.8, 4) is 0 Å². The van der Waals surface area contributed by atoms with E-state index in [1.54, 1.807) is 0 Å². The molecule has 1 aliphatic heterocycles. The van der Waals surface area contributed by atoms with E-state index in [9.17, 15) is 9.90 Å². The molecule has 3 rings (SSSR count). The number of carboxylic acids is 1. The summed E-state index contributed by atoms with van der Waals surface area (Å²) in [5.74, 6) is -0.438. The summed E-state index contributed by atoms with van der Waals surface area (Å²) < 4.78 is 0. The molecule has 2 aromatic rings. The Morgan fingerprint density at radius 3 is 2.08 bits per heavy atom. The minimum Gasteiger partial charge on any atom is -0.481 e. The molecule has 26 heavy (non-hydrogen) atoms. The SMILES string of the molecule is Cc1ccc(C(c2ccc(C(C)C)cc2)N2CCCC(C(=O)O)C2)cc1. The molecule has 1 N–H and O–H groups in total. The lowest BCUT2D eigenvalue weighted by Gasteiger charge is -2.37. The van der Waals surface area contributed by atoms with Crippen LogP contribution in [0.5, 0.6) is 0 Å². The largest absolute Gasteiger partial charge is 0.481 e. The van der Waals surface area contributed by atoms with Crippen LogP contribution >= 0.6 is 0 Å². The molecule has 1 heterocycles. The average Bonchev–Trinajstić information content (AvgIpc) is 2.64. The van der Waals surface area contributed by atoms with Crippen molar-refractivity contribution in [3.63, 3.8) is 0 Å². The van der Waals surface area contributed by atoms with Gasteiger partial charge in [-0.25, -0.2) is 0 Å². The quantitative estimate of drug-likeness (QED) is 0.824. The molecule has 0 aromatic heterocycles. The highest BCUT2D eigenvalue weighted by atomic mass is 16.4. The number of rotatable bonds is 5. The summed E-state index contributed by atoms with van der Waals surface area (Å²) in [6, 6.07) is 17.6. The zero-order valence-corrected chi connectivity index (χ0v) is 16.0. The van der Waals surface area contributed by atoms with Crippen molar-refractivity contribution in [1.82, 2.24) is 4.90 Å². The van der Waals surface area contributed by atoms with E-state index < -0.39 is 5.97 Å². The van der Waals surface area contributed by atoms with Crippen LogP contribution in [0.3, 0.4) is 0 Å². The van der Waals surface area contributed by atoms with Gasteiger partial charge >= 0.3 is 5.97 Å². The van der Waals surface area contributed by atoms with Crippen molar-refractivity contribution in [2.75, 3.05) is 13.1 Å². The summed E-state index contributed by atoms with van der Waals surface area (Å²) >= 11 is 0. The number of aryl methyl sites for hydroxylation is 1.